The second-order valence-electron chi connectivity index (χ2n) is 8.90. The topological polar surface area (TPSA) is 35.6 Å². The van der Waals surface area contributed by atoms with Crippen molar-refractivity contribution < 1.29 is 4.79 Å². The summed E-state index contributed by atoms with van der Waals surface area (Å²) in [5.74, 6) is 0.0824. The summed E-state index contributed by atoms with van der Waals surface area (Å²) in [6, 6.07) is 24.1. The zero-order chi connectivity index (χ0) is 22.1. The lowest BCUT2D eigenvalue weighted by Gasteiger charge is -2.38. The molecule has 1 fully saturated rings. The molecule has 0 atom stereocenters. The predicted octanol–water partition coefficient (Wildman–Crippen LogP) is 4.88. The Labute approximate surface area is 190 Å². The summed E-state index contributed by atoms with van der Waals surface area (Å²) in [5.41, 5.74) is 8.85. The molecular formula is C28H31N3O. The Kier molecular flexibility index (Phi) is 5.81. The largest absolute Gasteiger partial charge is 0.324 e. The van der Waals surface area contributed by atoms with Gasteiger partial charge in [0.2, 0.25) is 5.91 Å². The molecule has 1 saturated heterocycles. The normalized spacial score (nSPS) is 16.6. The molecule has 0 aromatic heterocycles. The molecule has 0 radical (unpaired) electrons. The van der Waals surface area contributed by atoms with Gasteiger partial charge in [0, 0.05) is 31.9 Å². The van der Waals surface area contributed by atoms with Gasteiger partial charge in [0.05, 0.1) is 12.6 Å². The van der Waals surface area contributed by atoms with Crippen molar-refractivity contribution in [1.29, 1.82) is 0 Å². The van der Waals surface area contributed by atoms with Gasteiger partial charge in [-0.05, 0) is 46.7 Å². The molecule has 32 heavy (non-hydrogen) atoms. The smallest absolute Gasteiger partial charge is 0.238 e. The number of carbonyl (C=O) groups is 1. The maximum absolute atomic E-state index is 12.8. The maximum Gasteiger partial charge on any atom is 0.238 e. The summed E-state index contributed by atoms with van der Waals surface area (Å²) in [5, 5.41) is 3.18. The molecule has 1 N–H and O–H groups in total. The standard InChI is InChI=1S/C28H31N3O/c1-3-21-10-8-9-20(2)27(21)29-26(32)19-30-15-17-31(18-16-30)28-24-13-6-4-11-22(24)23-12-5-7-14-25(23)28/h4-14,28H,3,15-19H2,1-2H3,(H,29,32). The van der Waals surface area contributed by atoms with Crippen LogP contribution in [0.2, 0.25) is 0 Å². The third kappa shape index (κ3) is 3.85. The van der Waals surface area contributed by atoms with E-state index in [0.29, 0.717) is 12.6 Å². The van der Waals surface area contributed by atoms with Crippen LogP contribution in [-0.4, -0.2) is 48.4 Å². The number of amides is 1. The molecule has 164 valence electrons. The first-order valence-electron chi connectivity index (χ1n) is 11.7. The van der Waals surface area contributed by atoms with Gasteiger partial charge in [0.15, 0.2) is 0 Å². The molecule has 1 aliphatic carbocycles. The second kappa shape index (κ2) is 8.89. The van der Waals surface area contributed by atoms with Gasteiger partial charge in [-0.3, -0.25) is 14.6 Å². The average Bonchev–Trinajstić information content (AvgIpc) is 3.15. The number of nitrogens with zero attached hydrogens (tertiary/aromatic N) is 2. The van der Waals surface area contributed by atoms with E-state index in [0.717, 1.165) is 43.9 Å². The summed E-state index contributed by atoms with van der Waals surface area (Å²) < 4.78 is 0. The minimum atomic E-state index is 0.0824. The highest BCUT2D eigenvalue weighted by Gasteiger charge is 2.34. The van der Waals surface area contributed by atoms with Gasteiger partial charge < -0.3 is 5.32 Å². The number of carbonyl (C=O) groups excluding carboxylic acids is 1. The van der Waals surface area contributed by atoms with Gasteiger partial charge in [-0.25, -0.2) is 0 Å². The third-order valence-corrected chi connectivity index (χ3v) is 6.94. The van der Waals surface area contributed by atoms with E-state index in [1.165, 1.54) is 27.8 Å². The molecule has 4 nitrogen and oxygen atoms in total. The summed E-state index contributed by atoms with van der Waals surface area (Å²) in [6.45, 7) is 8.37. The number of aryl methyl sites for hydroxylation is 2. The molecule has 0 bridgehead atoms. The summed E-state index contributed by atoms with van der Waals surface area (Å²) in [7, 11) is 0. The fourth-order valence-electron chi connectivity index (χ4n) is 5.29. The number of para-hydroxylation sites is 1. The van der Waals surface area contributed by atoms with E-state index < -0.39 is 0 Å². The highest BCUT2D eigenvalue weighted by molar-refractivity contribution is 5.93. The summed E-state index contributed by atoms with van der Waals surface area (Å²) in [6.07, 6.45) is 0.917. The maximum atomic E-state index is 12.8. The number of hydrogen-bond donors (Lipinski definition) is 1. The zero-order valence-corrected chi connectivity index (χ0v) is 19.0. The number of fused-ring (bicyclic) bond motifs is 3. The SMILES string of the molecule is CCc1cccc(C)c1NC(=O)CN1CCN(C2c3ccccc3-c3ccccc32)CC1. The van der Waals surface area contributed by atoms with Crippen LogP contribution in [0.3, 0.4) is 0 Å². The van der Waals surface area contributed by atoms with Crippen LogP contribution in [0, 0.1) is 6.92 Å². The highest BCUT2D eigenvalue weighted by atomic mass is 16.2. The van der Waals surface area contributed by atoms with Gasteiger partial charge in [-0.1, -0.05) is 73.7 Å². The van der Waals surface area contributed by atoms with E-state index in [1.807, 2.05) is 0 Å². The molecule has 0 spiro atoms. The molecule has 1 amide bonds. The Balaban J connectivity index is 1.24. The monoisotopic (exact) mass is 425 g/mol. The third-order valence-electron chi connectivity index (χ3n) is 6.94. The fraction of sp³-hybridized carbons (Fsp3) is 0.321. The number of nitrogens with one attached hydrogen (secondary N) is 1. The first-order valence-corrected chi connectivity index (χ1v) is 11.7. The Hall–Kier alpha value is -2.95. The summed E-state index contributed by atoms with van der Waals surface area (Å²) in [4.78, 5) is 17.7. The van der Waals surface area contributed by atoms with Crippen LogP contribution in [0.4, 0.5) is 5.69 Å². The molecule has 2 aliphatic rings. The van der Waals surface area contributed by atoms with Gasteiger partial charge in [0.1, 0.15) is 0 Å². The fourth-order valence-corrected chi connectivity index (χ4v) is 5.29. The molecule has 1 aliphatic heterocycles. The minimum absolute atomic E-state index is 0.0824. The lowest BCUT2D eigenvalue weighted by molar-refractivity contribution is -0.117. The number of hydrogen-bond acceptors (Lipinski definition) is 3. The van der Waals surface area contributed by atoms with Crippen LogP contribution in [0.25, 0.3) is 11.1 Å². The van der Waals surface area contributed by atoms with E-state index in [1.54, 1.807) is 0 Å². The summed E-state index contributed by atoms with van der Waals surface area (Å²) >= 11 is 0. The highest BCUT2D eigenvalue weighted by Crippen LogP contribution is 2.46. The molecule has 1 heterocycles. The van der Waals surface area contributed by atoms with Crippen molar-refractivity contribution in [3.8, 4) is 11.1 Å². The first kappa shape index (κ1) is 20.9. The van der Waals surface area contributed by atoms with E-state index in [-0.39, 0.29) is 5.91 Å². The predicted molar refractivity (Wildman–Crippen MR) is 131 cm³/mol. The Morgan fingerprint density at radius 1 is 0.875 bits per heavy atom. The van der Waals surface area contributed by atoms with Gasteiger partial charge in [-0.2, -0.15) is 0 Å². The van der Waals surface area contributed by atoms with Crippen LogP contribution in [0.5, 0.6) is 0 Å². The molecule has 3 aromatic carbocycles. The zero-order valence-electron chi connectivity index (χ0n) is 19.0. The second-order valence-corrected chi connectivity index (χ2v) is 8.90. The average molecular weight is 426 g/mol. The van der Waals surface area contributed by atoms with Gasteiger partial charge in [0.25, 0.3) is 0 Å². The van der Waals surface area contributed by atoms with Crippen LogP contribution < -0.4 is 5.32 Å². The lowest BCUT2D eigenvalue weighted by Crippen LogP contribution is -2.49. The van der Waals surface area contributed by atoms with E-state index >= 15 is 0 Å². The Morgan fingerprint density at radius 3 is 2.12 bits per heavy atom. The van der Waals surface area contributed by atoms with Crippen LogP contribution in [0.1, 0.15) is 35.2 Å². The van der Waals surface area contributed by atoms with Gasteiger partial charge >= 0.3 is 0 Å². The molecule has 0 saturated carbocycles. The Bertz CT molecular complexity index is 1090. The van der Waals surface area contributed by atoms with Crippen LogP contribution in [0.15, 0.2) is 66.7 Å². The van der Waals surface area contributed by atoms with Crippen molar-refractivity contribution in [2.75, 3.05) is 38.0 Å². The van der Waals surface area contributed by atoms with E-state index in [2.05, 4.69) is 95.7 Å². The van der Waals surface area contributed by atoms with Gasteiger partial charge in [-0.15, -0.1) is 0 Å². The van der Waals surface area contributed by atoms with Crippen molar-refractivity contribution in [2.45, 2.75) is 26.3 Å². The van der Waals surface area contributed by atoms with Crippen molar-refractivity contribution in [1.82, 2.24) is 9.80 Å². The number of rotatable bonds is 5. The van der Waals surface area contributed by atoms with Crippen LogP contribution >= 0.6 is 0 Å². The minimum Gasteiger partial charge on any atom is -0.324 e. The number of piperazine rings is 1. The quantitative estimate of drug-likeness (QED) is 0.633. The van der Waals surface area contributed by atoms with Crippen molar-refractivity contribution in [3.63, 3.8) is 0 Å². The van der Waals surface area contributed by atoms with E-state index in [4.69, 9.17) is 0 Å². The van der Waals surface area contributed by atoms with Crippen molar-refractivity contribution in [3.05, 3.63) is 89.0 Å². The lowest BCUT2D eigenvalue weighted by atomic mass is 10.0. The molecule has 3 aromatic rings. The molecule has 0 unspecified atom stereocenters. The first-order chi connectivity index (χ1) is 15.7. The number of benzene rings is 3. The van der Waals surface area contributed by atoms with E-state index in [9.17, 15) is 4.79 Å². The number of anilines is 1. The Morgan fingerprint density at radius 2 is 1.50 bits per heavy atom. The molecule has 5 rings (SSSR count). The van der Waals surface area contributed by atoms with Crippen molar-refractivity contribution in [2.24, 2.45) is 0 Å². The molecular weight excluding hydrogens is 394 g/mol. The molecule has 4 heteroatoms. The van der Waals surface area contributed by atoms with Crippen molar-refractivity contribution >= 4 is 11.6 Å². The van der Waals surface area contributed by atoms with Crippen LogP contribution in [-0.2, 0) is 11.2 Å².